The molecule has 6 nitrogen and oxygen atoms in total. The van der Waals surface area contributed by atoms with Crippen molar-refractivity contribution in [3.8, 4) is 0 Å². The minimum Gasteiger partial charge on any atom is -0.480 e. The Labute approximate surface area is 119 Å². The van der Waals surface area contributed by atoms with Crippen LogP contribution in [0.2, 0.25) is 0 Å². The monoisotopic (exact) mass is 298 g/mol. The van der Waals surface area contributed by atoms with Gasteiger partial charge in [-0.15, -0.1) is 6.58 Å². The van der Waals surface area contributed by atoms with Gasteiger partial charge in [0.2, 0.25) is 0 Å². The molecule has 0 aliphatic carbocycles. The van der Waals surface area contributed by atoms with Crippen LogP contribution in [0.4, 0.5) is 0 Å². The number of carbonyl (C=O) groups is 1. The Bertz CT molecular complexity index is 557. The first kappa shape index (κ1) is 16.4. The first-order valence-corrected chi connectivity index (χ1v) is 7.35. The number of hydrogen-bond donors (Lipinski definition) is 1. The average molecular weight is 298 g/mol. The Kier molecular flexibility index (Phi) is 5.87. The third-order valence-corrected chi connectivity index (χ3v) is 4.46. The Balaban J connectivity index is 2.88. The number of carboxylic acids is 1. The minimum absolute atomic E-state index is 0.0479. The van der Waals surface area contributed by atoms with Gasteiger partial charge < -0.3 is 5.11 Å². The molecule has 20 heavy (non-hydrogen) atoms. The molecule has 0 spiro atoms. The first-order chi connectivity index (χ1) is 9.37. The van der Waals surface area contributed by atoms with E-state index in [1.807, 2.05) is 18.2 Å². The van der Waals surface area contributed by atoms with Crippen molar-refractivity contribution in [1.82, 2.24) is 8.61 Å². The van der Waals surface area contributed by atoms with Crippen LogP contribution in [-0.2, 0) is 21.5 Å². The summed E-state index contributed by atoms with van der Waals surface area (Å²) in [6.45, 7) is 2.99. The Morgan fingerprint density at radius 3 is 2.45 bits per heavy atom. The van der Waals surface area contributed by atoms with E-state index in [9.17, 15) is 13.2 Å². The van der Waals surface area contributed by atoms with Crippen LogP contribution < -0.4 is 0 Å². The molecule has 0 aromatic heterocycles. The molecule has 1 rings (SSSR count). The zero-order valence-electron chi connectivity index (χ0n) is 11.3. The maximum absolute atomic E-state index is 12.3. The summed E-state index contributed by atoms with van der Waals surface area (Å²) in [4.78, 5) is 10.8. The van der Waals surface area contributed by atoms with E-state index in [2.05, 4.69) is 6.58 Å². The SMILES string of the molecule is C=CCN(CC(=O)O)S(=O)(=O)N(C)Cc1ccccc1. The van der Waals surface area contributed by atoms with Crippen LogP contribution in [0.15, 0.2) is 43.0 Å². The summed E-state index contributed by atoms with van der Waals surface area (Å²) in [5.41, 5.74) is 0.826. The Morgan fingerprint density at radius 1 is 1.35 bits per heavy atom. The third-order valence-electron chi connectivity index (χ3n) is 2.61. The lowest BCUT2D eigenvalue weighted by molar-refractivity contribution is -0.137. The van der Waals surface area contributed by atoms with Crippen molar-refractivity contribution in [2.24, 2.45) is 0 Å². The molecule has 0 unspecified atom stereocenters. The summed E-state index contributed by atoms with van der Waals surface area (Å²) in [5.74, 6) is -1.21. The van der Waals surface area contributed by atoms with Crippen LogP contribution in [0, 0.1) is 0 Å². The van der Waals surface area contributed by atoms with Gasteiger partial charge in [0.05, 0.1) is 0 Å². The number of hydrogen-bond acceptors (Lipinski definition) is 3. The van der Waals surface area contributed by atoms with Gasteiger partial charge in [-0.3, -0.25) is 4.79 Å². The highest BCUT2D eigenvalue weighted by Gasteiger charge is 2.27. The van der Waals surface area contributed by atoms with Crippen LogP contribution >= 0.6 is 0 Å². The maximum Gasteiger partial charge on any atom is 0.318 e. The van der Waals surface area contributed by atoms with Crippen molar-refractivity contribution in [2.75, 3.05) is 20.1 Å². The summed E-state index contributed by atoms with van der Waals surface area (Å²) in [6, 6.07) is 9.08. The van der Waals surface area contributed by atoms with E-state index in [1.54, 1.807) is 12.1 Å². The molecule has 7 heteroatoms. The second-order valence-corrected chi connectivity index (χ2v) is 6.26. The molecule has 0 atom stereocenters. The van der Waals surface area contributed by atoms with Gasteiger partial charge in [0.25, 0.3) is 10.2 Å². The molecule has 1 N–H and O–H groups in total. The fourth-order valence-electron chi connectivity index (χ4n) is 1.65. The average Bonchev–Trinajstić information content (AvgIpc) is 2.38. The van der Waals surface area contributed by atoms with Gasteiger partial charge in [0.1, 0.15) is 6.54 Å². The van der Waals surface area contributed by atoms with E-state index in [4.69, 9.17) is 5.11 Å². The van der Waals surface area contributed by atoms with Gasteiger partial charge in [-0.1, -0.05) is 36.4 Å². The molecular formula is C13H18N2O4S. The molecular weight excluding hydrogens is 280 g/mol. The molecule has 0 saturated carbocycles. The van der Waals surface area contributed by atoms with Crippen molar-refractivity contribution < 1.29 is 18.3 Å². The molecule has 1 aromatic carbocycles. The van der Waals surface area contributed by atoms with E-state index in [-0.39, 0.29) is 13.1 Å². The standard InChI is InChI=1S/C13H18N2O4S/c1-3-9-15(11-13(16)17)20(18,19)14(2)10-12-7-5-4-6-8-12/h3-8H,1,9-11H2,2H3,(H,16,17). The molecule has 0 fully saturated rings. The first-order valence-electron chi connectivity index (χ1n) is 5.96. The second-order valence-electron chi connectivity index (χ2n) is 4.22. The molecule has 0 radical (unpaired) electrons. The summed E-state index contributed by atoms with van der Waals surface area (Å²) >= 11 is 0. The summed E-state index contributed by atoms with van der Waals surface area (Å²) in [6.07, 6.45) is 1.36. The van der Waals surface area contributed by atoms with Crippen molar-refractivity contribution >= 4 is 16.2 Å². The largest absolute Gasteiger partial charge is 0.480 e. The van der Waals surface area contributed by atoms with Gasteiger partial charge in [-0.05, 0) is 5.56 Å². The van der Waals surface area contributed by atoms with Gasteiger partial charge in [-0.2, -0.15) is 17.0 Å². The topological polar surface area (TPSA) is 77.9 Å². The van der Waals surface area contributed by atoms with E-state index in [0.717, 1.165) is 14.2 Å². The van der Waals surface area contributed by atoms with E-state index in [1.165, 1.54) is 13.1 Å². The lowest BCUT2D eigenvalue weighted by Crippen LogP contribution is -2.44. The van der Waals surface area contributed by atoms with Gasteiger partial charge >= 0.3 is 5.97 Å². The quantitative estimate of drug-likeness (QED) is 0.724. The van der Waals surface area contributed by atoms with Crippen LogP contribution in [0.3, 0.4) is 0 Å². The molecule has 0 heterocycles. The zero-order chi connectivity index (χ0) is 15.2. The zero-order valence-corrected chi connectivity index (χ0v) is 12.1. The highest BCUT2D eigenvalue weighted by Crippen LogP contribution is 2.11. The number of nitrogens with zero attached hydrogens (tertiary/aromatic N) is 2. The maximum atomic E-state index is 12.3. The van der Waals surface area contributed by atoms with Crippen LogP contribution in [0.25, 0.3) is 0 Å². The molecule has 0 saturated heterocycles. The number of benzene rings is 1. The molecule has 0 bridgehead atoms. The van der Waals surface area contributed by atoms with E-state index in [0.29, 0.717) is 0 Å². The van der Waals surface area contributed by atoms with Gasteiger partial charge in [-0.25, -0.2) is 0 Å². The predicted molar refractivity (Wildman–Crippen MR) is 76.2 cm³/mol. The van der Waals surface area contributed by atoms with Crippen LogP contribution in [0.1, 0.15) is 5.56 Å². The van der Waals surface area contributed by atoms with Gasteiger partial charge in [0, 0.05) is 20.1 Å². The van der Waals surface area contributed by atoms with Gasteiger partial charge in [0.15, 0.2) is 0 Å². The second kappa shape index (κ2) is 7.18. The summed E-state index contributed by atoms with van der Waals surface area (Å²) < 4.78 is 26.6. The summed E-state index contributed by atoms with van der Waals surface area (Å²) in [7, 11) is -2.42. The Hall–Kier alpha value is -1.70. The highest BCUT2D eigenvalue weighted by atomic mass is 32.2. The van der Waals surface area contributed by atoms with Crippen LogP contribution in [-0.4, -0.2) is 48.2 Å². The van der Waals surface area contributed by atoms with Crippen LogP contribution in [0.5, 0.6) is 0 Å². The normalized spacial score (nSPS) is 11.8. The number of aliphatic carboxylic acids is 1. The molecule has 0 aliphatic heterocycles. The van der Waals surface area contributed by atoms with E-state index >= 15 is 0 Å². The van der Waals surface area contributed by atoms with Crippen molar-refractivity contribution in [3.05, 3.63) is 48.6 Å². The molecule has 1 aromatic rings. The lowest BCUT2D eigenvalue weighted by Gasteiger charge is -2.25. The number of rotatable bonds is 8. The summed E-state index contributed by atoms with van der Waals surface area (Å²) in [5, 5.41) is 8.79. The molecule has 0 aliphatic rings. The van der Waals surface area contributed by atoms with Crippen molar-refractivity contribution in [2.45, 2.75) is 6.54 Å². The molecule has 110 valence electrons. The smallest absolute Gasteiger partial charge is 0.318 e. The molecule has 0 amide bonds. The highest BCUT2D eigenvalue weighted by molar-refractivity contribution is 7.86. The predicted octanol–water partition coefficient (Wildman–Crippen LogP) is 0.936. The minimum atomic E-state index is -3.84. The lowest BCUT2D eigenvalue weighted by atomic mass is 10.2. The van der Waals surface area contributed by atoms with Crippen molar-refractivity contribution in [1.29, 1.82) is 0 Å². The fraction of sp³-hybridized carbons (Fsp3) is 0.308. The van der Waals surface area contributed by atoms with Crippen molar-refractivity contribution in [3.63, 3.8) is 0 Å². The third kappa shape index (κ3) is 4.44. The number of carboxylic acid groups (broad SMARTS) is 1. The fourth-order valence-corrected chi connectivity index (χ4v) is 2.93. The Morgan fingerprint density at radius 2 is 1.95 bits per heavy atom. The van der Waals surface area contributed by atoms with E-state index < -0.39 is 22.7 Å².